The SMILES string of the molecule is Cc1ccc(C(CN)NCC(F)(F)F)s1. The summed E-state index contributed by atoms with van der Waals surface area (Å²) in [5.74, 6) is 0. The summed E-state index contributed by atoms with van der Waals surface area (Å²) in [4.78, 5) is 1.91. The van der Waals surface area contributed by atoms with E-state index in [2.05, 4.69) is 5.32 Å². The van der Waals surface area contributed by atoms with E-state index in [1.165, 1.54) is 11.3 Å². The molecule has 1 rings (SSSR count). The fourth-order valence-corrected chi connectivity index (χ4v) is 2.15. The van der Waals surface area contributed by atoms with Gasteiger partial charge in [-0.15, -0.1) is 11.3 Å². The van der Waals surface area contributed by atoms with Crippen LogP contribution in [0.3, 0.4) is 0 Å². The zero-order chi connectivity index (χ0) is 11.5. The average molecular weight is 238 g/mol. The van der Waals surface area contributed by atoms with E-state index in [1.807, 2.05) is 13.0 Å². The minimum absolute atomic E-state index is 0.163. The Labute approximate surface area is 90.3 Å². The Morgan fingerprint density at radius 2 is 2.13 bits per heavy atom. The van der Waals surface area contributed by atoms with Crippen LogP contribution in [0, 0.1) is 6.92 Å². The fraction of sp³-hybridized carbons (Fsp3) is 0.556. The second-order valence-corrected chi connectivity index (χ2v) is 4.55. The van der Waals surface area contributed by atoms with Crippen LogP contribution in [0.2, 0.25) is 0 Å². The van der Waals surface area contributed by atoms with Gasteiger partial charge in [0.2, 0.25) is 0 Å². The molecule has 1 aromatic rings. The molecule has 1 atom stereocenters. The molecule has 0 amide bonds. The first-order chi connectivity index (χ1) is 6.92. The number of hydrogen-bond donors (Lipinski definition) is 2. The molecule has 3 N–H and O–H groups in total. The van der Waals surface area contributed by atoms with E-state index >= 15 is 0 Å². The molecule has 86 valence electrons. The molecule has 0 saturated heterocycles. The fourth-order valence-electron chi connectivity index (χ4n) is 1.18. The highest BCUT2D eigenvalue weighted by Crippen LogP contribution is 2.23. The van der Waals surface area contributed by atoms with Crippen molar-refractivity contribution in [2.75, 3.05) is 13.1 Å². The van der Waals surface area contributed by atoms with Crippen LogP contribution >= 0.6 is 11.3 Å². The van der Waals surface area contributed by atoms with Crippen LogP contribution in [-0.2, 0) is 0 Å². The molecule has 0 aromatic carbocycles. The molecule has 1 aromatic heterocycles. The molecule has 15 heavy (non-hydrogen) atoms. The van der Waals surface area contributed by atoms with Gasteiger partial charge in [0, 0.05) is 16.3 Å². The van der Waals surface area contributed by atoms with Crippen molar-refractivity contribution >= 4 is 11.3 Å². The lowest BCUT2D eigenvalue weighted by Gasteiger charge is -2.16. The highest BCUT2D eigenvalue weighted by atomic mass is 32.1. The number of alkyl halides is 3. The van der Waals surface area contributed by atoms with E-state index in [1.54, 1.807) is 6.07 Å². The Balaban J connectivity index is 2.57. The smallest absolute Gasteiger partial charge is 0.329 e. The van der Waals surface area contributed by atoms with Crippen LogP contribution in [0.15, 0.2) is 12.1 Å². The Morgan fingerprint density at radius 1 is 1.47 bits per heavy atom. The van der Waals surface area contributed by atoms with Crippen molar-refractivity contribution in [1.29, 1.82) is 0 Å². The minimum atomic E-state index is -4.19. The Hall–Kier alpha value is -0.590. The van der Waals surface area contributed by atoms with Crippen molar-refractivity contribution in [3.05, 3.63) is 21.9 Å². The molecular weight excluding hydrogens is 225 g/mol. The number of nitrogens with two attached hydrogens (primary N) is 1. The molecule has 2 nitrogen and oxygen atoms in total. The zero-order valence-corrected chi connectivity index (χ0v) is 9.08. The molecule has 0 bridgehead atoms. The van der Waals surface area contributed by atoms with Gasteiger partial charge in [0.15, 0.2) is 0 Å². The third kappa shape index (κ3) is 4.19. The van der Waals surface area contributed by atoms with Gasteiger partial charge in [0.05, 0.1) is 12.6 Å². The molecule has 0 radical (unpaired) electrons. The molecule has 0 fully saturated rings. The second kappa shape index (κ2) is 4.96. The summed E-state index contributed by atoms with van der Waals surface area (Å²) in [5, 5.41) is 2.40. The molecule has 0 saturated carbocycles. The van der Waals surface area contributed by atoms with Crippen molar-refractivity contribution in [2.45, 2.75) is 19.1 Å². The number of halogens is 3. The summed E-state index contributed by atoms with van der Waals surface area (Å²) < 4.78 is 35.9. The molecule has 0 aliphatic rings. The highest BCUT2D eigenvalue weighted by Gasteiger charge is 2.28. The summed E-state index contributed by atoms with van der Waals surface area (Å²) >= 11 is 1.46. The van der Waals surface area contributed by atoms with Gasteiger partial charge in [-0.2, -0.15) is 13.2 Å². The lowest BCUT2D eigenvalue weighted by molar-refractivity contribution is -0.126. The van der Waals surface area contributed by atoms with E-state index in [0.717, 1.165) is 9.75 Å². The van der Waals surface area contributed by atoms with Crippen LogP contribution < -0.4 is 11.1 Å². The monoisotopic (exact) mass is 238 g/mol. The van der Waals surface area contributed by atoms with E-state index in [9.17, 15) is 13.2 Å². The molecular formula is C9H13F3N2S. The Morgan fingerprint density at radius 3 is 2.53 bits per heavy atom. The first-order valence-corrected chi connectivity index (χ1v) is 5.30. The van der Waals surface area contributed by atoms with Crippen LogP contribution in [-0.4, -0.2) is 19.3 Å². The maximum Gasteiger partial charge on any atom is 0.401 e. The van der Waals surface area contributed by atoms with Crippen LogP contribution in [0.4, 0.5) is 13.2 Å². The Kier molecular flexibility index (Phi) is 4.12. The molecule has 1 unspecified atom stereocenters. The quantitative estimate of drug-likeness (QED) is 0.844. The number of rotatable bonds is 4. The summed E-state index contributed by atoms with van der Waals surface area (Å²) in [7, 11) is 0. The lowest BCUT2D eigenvalue weighted by atomic mass is 10.2. The van der Waals surface area contributed by atoms with Crippen molar-refractivity contribution in [2.24, 2.45) is 5.73 Å². The van der Waals surface area contributed by atoms with E-state index in [0.29, 0.717) is 0 Å². The van der Waals surface area contributed by atoms with Gasteiger partial charge in [-0.3, -0.25) is 5.32 Å². The maximum absolute atomic E-state index is 12.0. The van der Waals surface area contributed by atoms with Gasteiger partial charge in [0.1, 0.15) is 0 Å². The second-order valence-electron chi connectivity index (χ2n) is 3.23. The van der Waals surface area contributed by atoms with Gasteiger partial charge in [-0.1, -0.05) is 0 Å². The summed E-state index contributed by atoms with van der Waals surface area (Å²) in [6, 6.07) is 3.27. The minimum Gasteiger partial charge on any atom is -0.329 e. The van der Waals surface area contributed by atoms with Gasteiger partial charge >= 0.3 is 6.18 Å². The number of aryl methyl sites for hydroxylation is 1. The van der Waals surface area contributed by atoms with Crippen LogP contribution in [0.1, 0.15) is 15.8 Å². The van der Waals surface area contributed by atoms with Crippen LogP contribution in [0.25, 0.3) is 0 Å². The summed E-state index contributed by atoms with van der Waals surface area (Å²) in [5.41, 5.74) is 5.42. The van der Waals surface area contributed by atoms with Gasteiger partial charge < -0.3 is 5.73 Å². The van der Waals surface area contributed by atoms with Crippen LogP contribution in [0.5, 0.6) is 0 Å². The standard InChI is InChI=1S/C9H13F3N2S/c1-6-2-3-8(15-6)7(4-13)14-5-9(10,11)12/h2-3,7,14H,4-5,13H2,1H3. The molecule has 0 spiro atoms. The van der Waals surface area contributed by atoms with E-state index < -0.39 is 18.8 Å². The van der Waals surface area contributed by atoms with Gasteiger partial charge in [-0.05, 0) is 19.1 Å². The summed E-state index contributed by atoms with van der Waals surface area (Å²) in [6.07, 6.45) is -4.19. The Bertz CT molecular complexity index is 309. The first-order valence-electron chi connectivity index (χ1n) is 4.49. The maximum atomic E-state index is 12.0. The number of hydrogen-bond acceptors (Lipinski definition) is 3. The lowest BCUT2D eigenvalue weighted by Crippen LogP contribution is -2.35. The van der Waals surface area contributed by atoms with E-state index in [4.69, 9.17) is 5.73 Å². The highest BCUT2D eigenvalue weighted by molar-refractivity contribution is 7.12. The molecule has 6 heteroatoms. The molecule has 1 heterocycles. The third-order valence-corrected chi connectivity index (χ3v) is 3.00. The largest absolute Gasteiger partial charge is 0.401 e. The zero-order valence-electron chi connectivity index (χ0n) is 8.27. The first kappa shape index (κ1) is 12.5. The molecule has 0 aliphatic carbocycles. The summed E-state index contributed by atoms with van der Waals surface area (Å²) in [6.45, 7) is 1.06. The topological polar surface area (TPSA) is 38.0 Å². The normalized spacial score (nSPS) is 14.2. The van der Waals surface area contributed by atoms with E-state index in [-0.39, 0.29) is 6.54 Å². The average Bonchev–Trinajstić information content (AvgIpc) is 2.51. The molecule has 0 aliphatic heterocycles. The number of thiophene rings is 1. The van der Waals surface area contributed by atoms with Crippen molar-refractivity contribution < 1.29 is 13.2 Å². The van der Waals surface area contributed by atoms with Crippen molar-refractivity contribution in [1.82, 2.24) is 5.32 Å². The van der Waals surface area contributed by atoms with Gasteiger partial charge in [-0.25, -0.2) is 0 Å². The predicted octanol–water partition coefficient (Wildman–Crippen LogP) is 2.21. The van der Waals surface area contributed by atoms with Gasteiger partial charge in [0.25, 0.3) is 0 Å². The van der Waals surface area contributed by atoms with Crippen molar-refractivity contribution in [3.8, 4) is 0 Å². The predicted molar refractivity (Wildman–Crippen MR) is 54.9 cm³/mol. The van der Waals surface area contributed by atoms with Crippen molar-refractivity contribution in [3.63, 3.8) is 0 Å². The number of nitrogens with one attached hydrogen (secondary N) is 1. The third-order valence-electron chi connectivity index (χ3n) is 1.89.